The van der Waals surface area contributed by atoms with Crippen molar-refractivity contribution in [2.24, 2.45) is 5.73 Å². The number of hydrogen-bond acceptors (Lipinski definition) is 3. The number of nitrogens with two attached hydrogens (primary N) is 1. The van der Waals surface area contributed by atoms with Gasteiger partial charge in [0.15, 0.2) is 0 Å². The second-order valence-electron chi connectivity index (χ2n) is 3.69. The molecule has 0 spiro atoms. The molecule has 0 bridgehead atoms. The number of allylic oxidation sites excluding steroid dienone is 3. The molecule has 0 atom stereocenters. The van der Waals surface area contributed by atoms with Crippen molar-refractivity contribution in [2.75, 3.05) is 26.8 Å². The van der Waals surface area contributed by atoms with Gasteiger partial charge in [0.2, 0.25) is 0 Å². The predicted molar refractivity (Wildman–Crippen MR) is 63.2 cm³/mol. The molecular formula is C12H20N2O. The Labute approximate surface area is 91.9 Å². The van der Waals surface area contributed by atoms with E-state index in [0.717, 1.165) is 31.8 Å². The van der Waals surface area contributed by atoms with Crippen molar-refractivity contribution in [1.29, 1.82) is 0 Å². The Morgan fingerprint density at radius 1 is 1.67 bits per heavy atom. The smallest absolute Gasteiger partial charge is 0.0637 e. The van der Waals surface area contributed by atoms with Gasteiger partial charge in [0.25, 0.3) is 0 Å². The molecule has 1 heterocycles. The van der Waals surface area contributed by atoms with Gasteiger partial charge in [-0.25, -0.2) is 0 Å². The molecule has 0 saturated heterocycles. The minimum atomic E-state index is 0.734. The fourth-order valence-electron chi connectivity index (χ4n) is 1.72. The monoisotopic (exact) mass is 208 g/mol. The minimum Gasteiger partial charge on any atom is -0.399 e. The van der Waals surface area contributed by atoms with E-state index in [1.54, 1.807) is 13.2 Å². The summed E-state index contributed by atoms with van der Waals surface area (Å²) in [6, 6.07) is 0. The van der Waals surface area contributed by atoms with E-state index in [9.17, 15) is 0 Å². The average molecular weight is 208 g/mol. The van der Waals surface area contributed by atoms with Crippen LogP contribution in [0.25, 0.3) is 0 Å². The van der Waals surface area contributed by atoms with Crippen molar-refractivity contribution in [1.82, 2.24) is 4.90 Å². The summed E-state index contributed by atoms with van der Waals surface area (Å²) >= 11 is 0. The Morgan fingerprint density at radius 3 is 3.00 bits per heavy atom. The van der Waals surface area contributed by atoms with Crippen LogP contribution in [0.15, 0.2) is 35.7 Å². The van der Waals surface area contributed by atoms with E-state index in [-0.39, 0.29) is 0 Å². The van der Waals surface area contributed by atoms with Crippen LogP contribution in [0.2, 0.25) is 0 Å². The van der Waals surface area contributed by atoms with Gasteiger partial charge in [-0.2, -0.15) is 0 Å². The molecule has 1 rings (SSSR count). The molecule has 0 aromatic heterocycles. The molecule has 0 aliphatic carbocycles. The first kappa shape index (κ1) is 11.9. The first-order valence-corrected chi connectivity index (χ1v) is 5.22. The first-order chi connectivity index (χ1) is 7.19. The molecule has 1 aliphatic heterocycles. The van der Waals surface area contributed by atoms with Crippen LogP contribution in [-0.4, -0.2) is 31.7 Å². The van der Waals surface area contributed by atoms with Crippen LogP contribution in [0, 0.1) is 0 Å². The standard InChI is InChI=1S/C12H20N2O/c1-4-12(13)9-11-5-6-14(10(11)2)7-8-15-3/h4,9H,1,5-8,13H2,2-3H3/b12-9+. The minimum absolute atomic E-state index is 0.734. The molecular weight excluding hydrogens is 188 g/mol. The summed E-state index contributed by atoms with van der Waals surface area (Å²) in [5, 5.41) is 0. The van der Waals surface area contributed by atoms with Gasteiger partial charge in [-0.15, -0.1) is 0 Å². The van der Waals surface area contributed by atoms with Crippen molar-refractivity contribution in [2.45, 2.75) is 13.3 Å². The van der Waals surface area contributed by atoms with E-state index in [0.29, 0.717) is 0 Å². The summed E-state index contributed by atoms with van der Waals surface area (Å²) in [6.07, 6.45) is 4.75. The van der Waals surface area contributed by atoms with Crippen LogP contribution >= 0.6 is 0 Å². The van der Waals surface area contributed by atoms with Gasteiger partial charge in [0.1, 0.15) is 0 Å². The maximum absolute atomic E-state index is 5.73. The van der Waals surface area contributed by atoms with Crippen molar-refractivity contribution in [3.8, 4) is 0 Å². The molecule has 15 heavy (non-hydrogen) atoms. The second-order valence-corrected chi connectivity index (χ2v) is 3.69. The van der Waals surface area contributed by atoms with Crippen LogP contribution in [0.3, 0.4) is 0 Å². The van der Waals surface area contributed by atoms with Crippen LogP contribution in [0.5, 0.6) is 0 Å². The van der Waals surface area contributed by atoms with Gasteiger partial charge in [0, 0.05) is 31.6 Å². The molecule has 0 unspecified atom stereocenters. The highest BCUT2D eigenvalue weighted by Gasteiger charge is 2.16. The summed E-state index contributed by atoms with van der Waals surface area (Å²) in [4.78, 5) is 2.33. The molecule has 0 amide bonds. The number of methoxy groups -OCH3 is 1. The maximum atomic E-state index is 5.73. The Balaban J connectivity index is 2.66. The SMILES string of the molecule is C=C/C(N)=C\C1=C(C)N(CCOC)CC1. The predicted octanol–water partition coefficient (Wildman–Crippen LogP) is 1.64. The van der Waals surface area contributed by atoms with Crippen LogP contribution in [-0.2, 0) is 4.74 Å². The highest BCUT2D eigenvalue weighted by molar-refractivity contribution is 5.33. The number of rotatable bonds is 5. The summed E-state index contributed by atoms with van der Waals surface area (Å²) in [7, 11) is 1.73. The van der Waals surface area contributed by atoms with E-state index in [4.69, 9.17) is 10.5 Å². The lowest BCUT2D eigenvalue weighted by atomic mass is 10.1. The number of hydrogen-bond donors (Lipinski definition) is 1. The summed E-state index contributed by atoms with van der Waals surface area (Å²) in [5.74, 6) is 0. The lowest BCUT2D eigenvalue weighted by Crippen LogP contribution is -2.22. The molecule has 0 fully saturated rings. The second kappa shape index (κ2) is 5.61. The molecule has 3 heteroatoms. The normalized spacial score (nSPS) is 17.5. The van der Waals surface area contributed by atoms with Gasteiger partial charge in [-0.1, -0.05) is 6.58 Å². The zero-order valence-electron chi connectivity index (χ0n) is 9.62. The van der Waals surface area contributed by atoms with E-state index in [1.807, 2.05) is 6.08 Å². The number of nitrogens with zero attached hydrogens (tertiary/aromatic N) is 1. The van der Waals surface area contributed by atoms with Crippen LogP contribution in [0.4, 0.5) is 0 Å². The Bertz CT molecular complexity index is 292. The maximum Gasteiger partial charge on any atom is 0.0637 e. The van der Waals surface area contributed by atoms with Crippen molar-refractivity contribution >= 4 is 0 Å². The van der Waals surface area contributed by atoms with Gasteiger partial charge >= 0.3 is 0 Å². The Morgan fingerprint density at radius 2 is 2.40 bits per heavy atom. The highest BCUT2D eigenvalue weighted by atomic mass is 16.5. The van der Waals surface area contributed by atoms with E-state index in [1.165, 1.54) is 11.3 Å². The zero-order chi connectivity index (χ0) is 11.3. The van der Waals surface area contributed by atoms with Crippen molar-refractivity contribution in [3.63, 3.8) is 0 Å². The lowest BCUT2D eigenvalue weighted by Gasteiger charge is -2.19. The van der Waals surface area contributed by atoms with E-state index < -0.39 is 0 Å². The fourth-order valence-corrected chi connectivity index (χ4v) is 1.72. The van der Waals surface area contributed by atoms with Gasteiger partial charge in [-0.05, 0) is 31.1 Å². The molecule has 0 aromatic carbocycles. The molecule has 3 nitrogen and oxygen atoms in total. The van der Waals surface area contributed by atoms with Crippen LogP contribution < -0.4 is 5.73 Å². The third kappa shape index (κ3) is 3.13. The topological polar surface area (TPSA) is 38.5 Å². The molecule has 0 aromatic rings. The lowest BCUT2D eigenvalue weighted by molar-refractivity contribution is 0.168. The number of ether oxygens (including phenoxy) is 1. The van der Waals surface area contributed by atoms with Crippen molar-refractivity contribution in [3.05, 3.63) is 35.7 Å². The summed E-state index contributed by atoms with van der Waals surface area (Å²) in [6.45, 7) is 8.56. The molecule has 0 saturated carbocycles. The van der Waals surface area contributed by atoms with Gasteiger partial charge in [0.05, 0.1) is 6.61 Å². The Hall–Kier alpha value is -1.22. The average Bonchev–Trinajstić information content (AvgIpc) is 2.57. The van der Waals surface area contributed by atoms with Crippen molar-refractivity contribution < 1.29 is 4.74 Å². The zero-order valence-corrected chi connectivity index (χ0v) is 9.62. The van der Waals surface area contributed by atoms with Gasteiger partial charge < -0.3 is 15.4 Å². The fraction of sp³-hybridized carbons (Fsp3) is 0.500. The summed E-state index contributed by atoms with van der Waals surface area (Å²) < 4.78 is 5.07. The first-order valence-electron chi connectivity index (χ1n) is 5.22. The quantitative estimate of drug-likeness (QED) is 0.698. The molecule has 84 valence electrons. The summed E-state index contributed by atoms with van der Waals surface area (Å²) in [5.41, 5.74) is 9.07. The molecule has 1 aliphatic rings. The molecule has 2 N–H and O–H groups in total. The third-order valence-electron chi connectivity index (χ3n) is 2.73. The highest BCUT2D eigenvalue weighted by Crippen LogP contribution is 2.23. The van der Waals surface area contributed by atoms with Crippen LogP contribution in [0.1, 0.15) is 13.3 Å². The van der Waals surface area contributed by atoms with Gasteiger partial charge in [-0.3, -0.25) is 0 Å². The Kier molecular flexibility index (Phi) is 4.43. The largest absolute Gasteiger partial charge is 0.399 e. The molecule has 0 radical (unpaired) electrons. The van der Waals surface area contributed by atoms with E-state index >= 15 is 0 Å². The van der Waals surface area contributed by atoms with E-state index in [2.05, 4.69) is 18.4 Å². The third-order valence-corrected chi connectivity index (χ3v) is 2.73.